The number of amides is 1. The Balaban J connectivity index is 1.81. The van der Waals surface area contributed by atoms with Crippen molar-refractivity contribution in [1.29, 1.82) is 0 Å². The summed E-state index contributed by atoms with van der Waals surface area (Å²) in [6.45, 7) is 7.67. The van der Waals surface area contributed by atoms with E-state index in [1.165, 1.54) is 16.4 Å². The monoisotopic (exact) mass is 488 g/mol. The number of rotatable bonds is 8. The van der Waals surface area contributed by atoms with Crippen LogP contribution in [-0.4, -0.2) is 56.0 Å². The lowest BCUT2D eigenvalue weighted by atomic mass is 10.0. The van der Waals surface area contributed by atoms with E-state index in [2.05, 4.69) is 5.32 Å². The molecule has 1 amide bonds. The van der Waals surface area contributed by atoms with E-state index in [0.717, 1.165) is 5.56 Å². The van der Waals surface area contributed by atoms with Gasteiger partial charge in [0.15, 0.2) is 0 Å². The maximum Gasteiger partial charge on any atom is 0.308 e. The van der Waals surface area contributed by atoms with Crippen LogP contribution in [0.15, 0.2) is 59.5 Å². The third kappa shape index (κ3) is 6.65. The fourth-order valence-electron chi connectivity index (χ4n) is 3.93. The SMILES string of the molecule is CC(C)OC(=O)CC(NC(=O)c1cccc(S(=O)(=O)N2CC(C)OC(C)C2)c1)c1ccccc1. The number of morpholine rings is 1. The number of carbonyl (C=O) groups is 2. The zero-order valence-corrected chi connectivity index (χ0v) is 20.7. The number of nitrogens with one attached hydrogen (secondary N) is 1. The van der Waals surface area contributed by atoms with Crippen LogP contribution >= 0.6 is 0 Å². The van der Waals surface area contributed by atoms with Gasteiger partial charge in [-0.25, -0.2) is 8.42 Å². The van der Waals surface area contributed by atoms with Crippen molar-refractivity contribution >= 4 is 21.9 Å². The highest BCUT2D eigenvalue weighted by Crippen LogP contribution is 2.23. The Hall–Kier alpha value is -2.75. The molecule has 2 aromatic carbocycles. The molecular formula is C25H32N2O6S. The number of benzene rings is 2. The quantitative estimate of drug-likeness (QED) is 0.572. The molecule has 184 valence electrons. The summed E-state index contributed by atoms with van der Waals surface area (Å²) in [5, 5.41) is 2.86. The average molecular weight is 489 g/mol. The molecule has 0 bridgehead atoms. The number of ether oxygens (including phenoxy) is 2. The van der Waals surface area contributed by atoms with Gasteiger partial charge in [-0.2, -0.15) is 4.31 Å². The van der Waals surface area contributed by atoms with Crippen molar-refractivity contribution in [1.82, 2.24) is 9.62 Å². The van der Waals surface area contributed by atoms with Crippen molar-refractivity contribution in [2.45, 2.75) is 63.4 Å². The Labute approximate surface area is 201 Å². The van der Waals surface area contributed by atoms with Crippen molar-refractivity contribution < 1.29 is 27.5 Å². The number of hydrogen-bond donors (Lipinski definition) is 1. The number of carbonyl (C=O) groups excluding carboxylic acids is 2. The van der Waals surface area contributed by atoms with Crippen molar-refractivity contribution in [2.24, 2.45) is 0 Å². The predicted molar refractivity (Wildman–Crippen MR) is 128 cm³/mol. The Morgan fingerprint density at radius 1 is 1.06 bits per heavy atom. The number of nitrogens with zero attached hydrogens (tertiary/aromatic N) is 1. The summed E-state index contributed by atoms with van der Waals surface area (Å²) in [4.78, 5) is 25.4. The minimum atomic E-state index is -3.80. The minimum absolute atomic E-state index is 0.0388. The van der Waals surface area contributed by atoms with Gasteiger partial charge in [-0.15, -0.1) is 0 Å². The molecule has 8 nitrogen and oxygen atoms in total. The lowest BCUT2D eigenvalue weighted by Crippen LogP contribution is -2.48. The number of esters is 1. The van der Waals surface area contributed by atoms with E-state index in [9.17, 15) is 18.0 Å². The minimum Gasteiger partial charge on any atom is -0.463 e. The van der Waals surface area contributed by atoms with Crippen molar-refractivity contribution in [3.8, 4) is 0 Å². The van der Waals surface area contributed by atoms with E-state index >= 15 is 0 Å². The van der Waals surface area contributed by atoms with Gasteiger partial charge in [0, 0.05) is 18.7 Å². The first-order chi connectivity index (χ1) is 16.1. The van der Waals surface area contributed by atoms with Crippen LogP contribution in [0.2, 0.25) is 0 Å². The first kappa shape index (κ1) is 25.9. The molecule has 0 aliphatic carbocycles. The van der Waals surface area contributed by atoms with Crippen LogP contribution in [0.5, 0.6) is 0 Å². The number of hydrogen-bond acceptors (Lipinski definition) is 6. The van der Waals surface area contributed by atoms with E-state index in [4.69, 9.17) is 9.47 Å². The molecule has 2 aromatic rings. The molecule has 0 aromatic heterocycles. The van der Waals surface area contributed by atoms with Gasteiger partial charge in [0.25, 0.3) is 5.91 Å². The summed E-state index contributed by atoms with van der Waals surface area (Å²) < 4.78 is 38.7. The topological polar surface area (TPSA) is 102 Å². The Morgan fingerprint density at radius 3 is 2.32 bits per heavy atom. The zero-order chi connectivity index (χ0) is 24.9. The highest BCUT2D eigenvalue weighted by Gasteiger charge is 2.32. The summed E-state index contributed by atoms with van der Waals surface area (Å²) >= 11 is 0. The molecule has 0 saturated carbocycles. The van der Waals surface area contributed by atoms with Gasteiger partial charge in [-0.3, -0.25) is 9.59 Å². The van der Waals surface area contributed by atoms with E-state index < -0.39 is 27.9 Å². The van der Waals surface area contributed by atoms with Crippen LogP contribution in [0, 0.1) is 0 Å². The third-order valence-electron chi connectivity index (χ3n) is 5.37. The largest absolute Gasteiger partial charge is 0.463 e. The van der Waals surface area contributed by atoms with Crippen LogP contribution in [-0.2, 0) is 24.3 Å². The van der Waals surface area contributed by atoms with Crippen molar-refractivity contribution in [3.63, 3.8) is 0 Å². The van der Waals surface area contributed by atoms with Gasteiger partial charge >= 0.3 is 5.97 Å². The van der Waals surface area contributed by atoms with Crippen LogP contribution in [0.4, 0.5) is 0 Å². The lowest BCUT2D eigenvalue weighted by Gasteiger charge is -2.34. The van der Waals surface area contributed by atoms with Crippen LogP contribution in [0.25, 0.3) is 0 Å². The van der Waals surface area contributed by atoms with Gasteiger partial charge in [-0.05, 0) is 51.5 Å². The third-order valence-corrected chi connectivity index (χ3v) is 7.19. The highest BCUT2D eigenvalue weighted by molar-refractivity contribution is 7.89. The standard InChI is InChI=1S/C25H32N2O6S/c1-17(2)32-24(28)14-23(20-9-6-5-7-10-20)26-25(29)21-11-8-12-22(13-21)34(30,31)27-15-18(3)33-19(4)16-27/h5-13,17-19,23H,14-16H2,1-4H3,(H,26,29). The molecule has 1 saturated heterocycles. The molecule has 1 aliphatic heterocycles. The molecule has 1 heterocycles. The predicted octanol–water partition coefficient (Wildman–Crippen LogP) is 3.30. The Kier molecular flexibility index (Phi) is 8.46. The molecule has 9 heteroatoms. The average Bonchev–Trinajstić information content (AvgIpc) is 2.78. The van der Waals surface area contributed by atoms with Gasteiger partial charge in [0.2, 0.25) is 10.0 Å². The van der Waals surface area contributed by atoms with E-state index in [0.29, 0.717) is 0 Å². The molecular weight excluding hydrogens is 456 g/mol. The summed E-state index contributed by atoms with van der Waals surface area (Å²) in [6.07, 6.45) is -0.758. The molecule has 1 fully saturated rings. The first-order valence-electron chi connectivity index (χ1n) is 11.4. The van der Waals surface area contributed by atoms with E-state index in [-0.39, 0.29) is 48.3 Å². The normalized spacial score (nSPS) is 20.0. The molecule has 0 radical (unpaired) electrons. The number of sulfonamides is 1. The maximum absolute atomic E-state index is 13.2. The molecule has 3 unspecified atom stereocenters. The smallest absolute Gasteiger partial charge is 0.308 e. The van der Waals surface area contributed by atoms with Gasteiger partial charge in [0.05, 0.1) is 35.7 Å². The Bertz CT molecular complexity index is 1090. The van der Waals surface area contributed by atoms with Crippen LogP contribution in [0.3, 0.4) is 0 Å². The lowest BCUT2D eigenvalue weighted by molar-refractivity contribution is -0.147. The van der Waals surface area contributed by atoms with Crippen molar-refractivity contribution in [2.75, 3.05) is 13.1 Å². The molecule has 3 atom stereocenters. The fourth-order valence-corrected chi connectivity index (χ4v) is 5.57. The van der Waals surface area contributed by atoms with Crippen LogP contribution in [0.1, 0.15) is 56.1 Å². The Morgan fingerprint density at radius 2 is 1.71 bits per heavy atom. The van der Waals surface area contributed by atoms with Gasteiger partial charge in [0.1, 0.15) is 0 Å². The summed E-state index contributed by atoms with van der Waals surface area (Å²) in [5.41, 5.74) is 0.935. The summed E-state index contributed by atoms with van der Waals surface area (Å²) in [5.74, 6) is -0.914. The first-order valence-corrected chi connectivity index (χ1v) is 12.8. The van der Waals surface area contributed by atoms with E-state index in [1.807, 2.05) is 44.2 Å². The van der Waals surface area contributed by atoms with Gasteiger partial charge < -0.3 is 14.8 Å². The molecule has 34 heavy (non-hydrogen) atoms. The fraction of sp³-hybridized carbons (Fsp3) is 0.440. The van der Waals surface area contributed by atoms with Crippen molar-refractivity contribution in [3.05, 3.63) is 65.7 Å². The second-order valence-corrected chi connectivity index (χ2v) is 10.7. The second kappa shape index (κ2) is 11.1. The molecule has 1 aliphatic rings. The second-order valence-electron chi connectivity index (χ2n) is 8.79. The van der Waals surface area contributed by atoms with Crippen LogP contribution < -0.4 is 5.32 Å². The highest BCUT2D eigenvalue weighted by atomic mass is 32.2. The zero-order valence-electron chi connectivity index (χ0n) is 19.9. The summed E-state index contributed by atoms with van der Waals surface area (Å²) in [6, 6.07) is 14.4. The maximum atomic E-state index is 13.2. The summed E-state index contributed by atoms with van der Waals surface area (Å²) in [7, 11) is -3.80. The van der Waals surface area contributed by atoms with E-state index in [1.54, 1.807) is 26.0 Å². The molecule has 0 spiro atoms. The molecule has 3 rings (SSSR count). The molecule has 1 N–H and O–H groups in total. The van der Waals surface area contributed by atoms with Gasteiger partial charge in [-0.1, -0.05) is 36.4 Å².